The highest BCUT2D eigenvalue weighted by atomic mass is 19.4. The largest absolute Gasteiger partial charge is 0.511 e. The van der Waals surface area contributed by atoms with Crippen molar-refractivity contribution in [2.24, 2.45) is 10.8 Å². The molecule has 0 saturated heterocycles. The molecule has 0 aliphatic heterocycles. The molecule has 0 unspecified atom stereocenters. The number of rotatable bonds is 4. The topological polar surface area (TPSA) is 37.3 Å². The molecule has 0 aromatic carbocycles. The minimum atomic E-state index is -4.83. The van der Waals surface area contributed by atoms with Crippen molar-refractivity contribution in [2.75, 3.05) is 0 Å². The van der Waals surface area contributed by atoms with Gasteiger partial charge in [-0.15, -0.1) is 0 Å². The lowest BCUT2D eigenvalue weighted by Gasteiger charge is -2.28. The van der Waals surface area contributed by atoms with Crippen molar-refractivity contribution in [1.29, 1.82) is 0 Å². The average Bonchev–Trinajstić information content (AvgIpc) is 2.12. The number of allylic oxidation sites excluding steroid dienone is 2. The maximum Gasteiger partial charge on any atom is 0.400 e. The standard InChI is InChI=1S/C12H16F6O2/c1-9(2,11(13,14)15)6-7(19)5-8(20)10(3,4)12(16,17)18/h5,20H,6H2,1-4H3. The Morgan fingerprint density at radius 2 is 1.35 bits per heavy atom. The van der Waals surface area contributed by atoms with E-state index in [0.717, 1.165) is 13.8 Å². The Bertz CT molecular complexity index is 401. The van der Waals surface area contributed by atoms with Gasteiger partial charge in [0.2, 0.25) is 0 Å². The van der Waals surface area contributed by atoms with E-state index < -0.39 is 41.1 Å². The molecule has 0 bridgehead atoms. The highest BCUT2D eigenvalue weighted by molar-refractivity contribution is 5.90. The normalized spacial score (nSPS) is 15.4. The van der Waals surface area contributed by atoms with Crippen LogP contribution < -0.4 is 0 Å². The number of carbonyl (C=O) groups excluding carboxylic acids is 1. The summed E-state index contributed by atoms with van der Waals surface area (Å²) in [4.78, 5) is 11.4. The van der Waals surface area contributed by atoms with Gasteiger partial charge in [0.1, 0.15) is 11.2 Å². The molecule has 0 spiro atoms. The quantitative estimate of drug-likeness (QED) is 0.469. The number of ketones is 1. The Morgan fingerprint density at radius 1 is 0.950 bits per heavy atom. The van der Waals surface area contributed by atoms with Crippen molar-refractivity contribution >= 4 is 5.78 Å². The second-order valence-electron chi connectivity index (χ2n) is 5.68. The first kappa shape index (κ1) is 18.8. The number of alkyl halides is 6. The summed E-state index contributed by atoms with van der Waals surface area (Å²) in [6.45, 7) is 2.76. The van der Waals surface area contributed by atoms with Crippen molar-refractivity contribution < 1.29 is 36.2 Å². The fourth-order valence-electron chi connectivity index (χ4n) is 1.06. The number of aliphatic hydroxyl groups excluding tert-OH is 1. The fraction of sp³-hybridized carbons (Fsp3) is 0.750. The summed E-state index contributed by atoms with van der Waals surface area (Å²) in [6.07, 6.45) is -10.3. The van der Waals surface area contributed by atoms with Gasteiger partial charge in [-0.3, -0.25) is 4.79 Å². The van der Waals surface area contributed by atoms with Crippen LogP contribution in [0, 0.1) is 10.8 Å². The number of halogens is 6. The molecule has 0 aliphatic rings. The van der Waals surface area contributed by atoms with Gasteiger partial charge >= 0.3 is 12.4 Å². The Labute approximate surface area is 112 Å². The van der Waals surface area contributed by atoms with Crippen LogP contribution in [-0.4, -0.2) is 23.2 Å². The van der Waals surface area contributed by atoms with Crippen LogP contribution in [0.15, 0.2) is 11.8 Å². The molecule has 0 atom stereocenters. The van der Waals surface area contributed by atoms with Gasteiger partial charge in [-0.1, -0.05) is 13.8 Å². The summed E-state index contributed by atoms with van der Waals surface area (Å²) < 4.78 is 75.3. The van der Waals surface area contributed by atoms with Gasteiger partial charge in [-0.2, -0.15) is 26.3 Å². The number of carbonyl (C=O) groups is 1. The Balaban J connectivity index is 5.15. The van der Waals surface area contributed by atoms with E-state index in [1.807, 2.05) is 0 Å². The molecule has 0 fully saturated rings. The molecule has 8 heteroatoms. The van der Waals surface area contributed by atoms with Gasteiger partial charge in [-0.25, -0.2) is 0 Å². The lowest BCUT2D eigenvalue weighted by molar-refractivity contribution is -0.213. The first-order valence-corrected chi connectivity index (χ1v) is 5.60. The van der Waals surface area contributed by atoms with E-state index in [1.54, 1.807) is 0 Å². The van der Waals surface area contributed by atoms with E-state index in [9.17, 15) is 36.2 Å². The van der Waals surface area contributed by atoms with Crippen LogP contribution in [0.1, 0.15) is 34.1 Å². The first-order chi connectivity index (χ1) is 8.52. The van der Waals surface area contributed by atoms with E-state index >= 15 is 0 Å². The second kappa shape index (κ2) is 5.29. The van der Waals surface area contributed by atoms with Crippen LogP contribution in [0.3, 0.4) is 0 Å². The van der Waals surface area contributed by atoms with Crippen molar-refractivity contribution in [2.45, 2.75) is 46.5 Å². The van der Waals surface area contributed by atoms with Crippen molar-refractivity contribution in [3.05, 3.63) is 11.8 Å². The minimum Gasteiger partial charge on any atom is -0.511 e. The summed E-state index contributed by atoms with van der Waals surface area (Å²) in [6, 6.07) is 0. The van der Waals surface area contributed by atoms with Crippen LogP contribution in [0.2, 0.25) is 0 Å². The highest BCUT2D eigenvalue weighted by Gasteiger charge is 2.51. The maximum atomic E-state index is 12.6. The SMILES string of the molecule is CC(C)(CC(=O)C=C(O)C(C)(C)C(F)(F)F)C(F)(F)F. The molecule has 0 aliphatic carbocycles. The summed E-state index contributed by atoms with van der Waals surface area (Å²) in [5, 5.41) is 9.32. The third-order valence-electron chi connectivity index (χ3n) is 3.03. The van der Waals surface area contributed by atoms with E-state index in [-0.39, 0.29) is 6.08 Å². The molecular formula is C12H16F6O2. The minimum absolute atomic E-state index is 0.209. The molecule has 0 rings (SSSR count). The average molecular weight is 306 g/mol. The molecule has 20 heavy (non-hydrogen) atoms. The zero-order valence-electron chi connectivity index (χ0n) is 11.4. The van der Waals surface area contributed by atoms with Crippen LogP contribution in [0.4, 0.5) is 26.3 Å². The van der Waals surface area contributed by atoms with Crippen LogP contribution in [-0.2, 0) is 4.79 Å². The van der Waals surface area contributed by atoms with Crippen LogP contribution in [0.25, 0.3) is 0 Å². The van der Waals surface area contributed by atoms with Crippen molar-refractivity contribution in [3.63, 3.8) is 0 Å². The molecule has 0 radical (unpaired) electrons. The zero-order chi connectivity index (χ0) is 16.6. The molecule has 118 valence electrons. The van der Waals surface area contributed by atoms with Gasteiger partial charge in [0.15, 0.2) is 5.78 Å². The third-order valence-corrected chi connectivity index (χ3v) is 3.03. The van der Waals surface area contributed by atoms with E-state index in [2.05, 4.69) is 0 Å². The lowest BCUT2D eigenvalue weighted by Crippen LogP contribution is -2.36. The number of aliphatic hydroxyl groups is 1. The fourth-order valence-corrected chi connectivity index (χ4v) is 1.06. The predicted octanol–water partition coefficient (Wildman–Crippen LogP) is 4.56. The van der Waals surface area contributed by atoms with Crippen LogP contribution in [0.5, 0.6) is 0 Å². The Morgan fingerprint density at radius 3 is 1.65 bits per heavy atom. The maximum absolute atomic E-state index is 12.6. The third kappa shape index (κ3) is 4.14. The number of hydrogen-bond donors (Lipinski definition) is 1. The molecule has 2 nitrogen and oxygen atoms in total. The van der Waals surface area contributed by atoms with Crippen LogP contribution >= 0.6 is 0 Å². The molecule has 0 aromatic heterocycles. The van der Waals surface area contributed by atoms with E-state index in [0.29, 0.717) is 13.8 Å². The van der Waals surface area contributed by atoms with Gasteiger partial charge in [-0.05, 0) is 13.8 Å². The summed E-state index contributed by atoms with van der Waals surface area (Å²) in [5.74, 6) is -2.53. The predicted molar refractivity (Wildman–Crippen MR) is 60.0 cm³/mol. The first-order valence-electron chi connectivity index (χ1n) is 5.60. The number of hydrogen-bond acceptors (Lipinski definition) is 2. The summed E-state index contributed by atoms with van der Waals surface area (Å²) >= 11 is 0. The van der Waals surface area contributed by atoms with Crippen molar-refractivity contribution in [3.8, 4) is 0 Å². The molecule has 0 heterocycles. The molecule has 0 aromatic rings. The highest BCUT2D eigenvalue weighted by Crippen LogP contribution is 2.43. The van der Waals surface area contributed by atoms with E-state index in [1.165, 1.54) is 0 Å². The van der Waals surface area contributed by atoms with Crippen molar-refractivity contribution in [1.82, 2.24) is 0 Å². The van der Waals surface area contributed by atoms with Gasteiger partial charge < -0.3 is 5.11 Å². The smallest absolute Gasteiger partial charge is 0.400 e. The van der Waals surface area contributed by atoms with E-state index in [4.69, 9.17) is 0 Å². The molecule has 0 amide bonds. The molecular weight excluding hydrogens is 290 g/mol. The zero-order valence-corrected chi connectivity index (χ0v) is 11.4. The Hall–Kier alpha value is -1.21. The van der Waals surface area contributed by atoms with Gasteiger partial charge in [0.25, 0.3) is 0 Å². The monoisotopic (exact) mass is 306 g/mol. The summed E-state index contributed by atoms with van der Waals surface area (Å²) in [7, 11) is 0. The van der Waals surface area contributed by atoms with Gasteiger partial charge in [0, 0.05) is 12.5 Å². The molecule has 0 saturated carbocycles. The Kier molecular flexibility index (Phi) is 4.97. The molecule has 1 N–H and O–H groups in total. The second-order valence-corrected chi connectivity index (χ2v) is 5.68. The summed E-state index contributed by atoms with van der Waals surface area (Å²) in [5.41, 5.74) is -5.09. The lowest BCUT2D eigenvalue weighted by atomic mass is 9.84. The van der Waals surface area contributed by atoms with Gasteiger partial charge in [0.05, 0.1) is 5.41 Å².